The van der Waals surface area contributed by atoms with E-state index in [1.165, 1.54) is 0 Å². The molecule has 0 spiro atoms. The van der Waals surface area contributed by atoms with Crippen molar-refractivity contribution >= 4 is 11.8 Å². The first-order chi connectivity index (χ1) is 7.15. The van der Waals surface area contributed by atoms with E-state index in [0.717, 1.165) is 19.5 Å². The molecule has 1 saturated heterocycles. The van der Waals surface area contributed by atoms with Crippen molar-refractivity contribution < 1.29 is 9.59 Å². The van der Waals surface area contributed by atoms with Gasteiger partial charge in [0.15, 0.2) is 0 Å². The number of carbonyl (C=O) groups is 2. The highest BCUT2D eigenvalue weighted by molar-refractivity contribution is 5.80. The van der Waals surface area contributed by atoms with Crippen LogP contribution in [0.5, 0.6) is 0 Å². The second-order valence-electron chi connectivity index (χ2n) is 3.89. The van der Waals surface area contributed by atoms with Crippen LogP contribution in [-0.4, -0.2) is 50.4 Å². The summed E-state index contributed by atoms with van der Waals surface area (Å²) in [5, 5.41) is 5.63. The summed E-state index contributed by atoms with van der Waals surface area (Å²) in [5.41, 5.74) is 0. The van der Waals surface area contributed by atoms with E-state index in [1.807, 2.05) is 0 Å². The molecule has 0 aromatic carbocycles. The SMILES string of the molecule is CNC(=O)CCCN(C)C(=O)C1CNC1. The molecule has 1 rings (SSSR count). The molecule has 0 saturated carbocycles. The van der Waals surface area contributed by atoms with E-state index in [-0.39, 0.29) is 17.7 Å². The molecule has 1 fully saturated rings. The lowest BCUT2D eigenvalue weighted by Gasteiger charge is -2.30. The number of hydrogen-bond acceptors (Lipinski definition) is 3. The summed E-state index contributed by atoms with van der Waals surface area (Å²) < 4.78 is 0. The highest BCUT2D eigenvalue weighted by Crippen LogP contribution is 2.07. The first kappa shape index (κ1) is 12.0. The molecule has 0 aromatic heterocycles. The summed E-state index contributed by atoms with van der Waals surface area (Å²) in [4.78, 5) is 24.3. The molecule has 5 nitrogen and oxygen atoms in total. The maximum Gasteiger partial charge on any atom is 0.227 e. The minimum Gasteiger partial charge on any atom is -0.359 e. The molecule has 0 aromatic rings. The summed E-state index contributed by atoms with van der Waals surface area (Å²) in [6.07, 6.45) is 1.21. The van der Waals surface area contributed by atoms with E-state index < -0.39 is 0 Å². The van der Waals surface area contributed by atoms with Gasteiger partial charge in [0, 0.05) is 40.2 Å². The summed E-state index contributed by atoms with van der Waals surface area (Å²) in [5.74, 6) is 0.363. The van der Waals surface area contributed by atoms with E-state index in [2.05, 4.69) is 10.6 Å². The largest absolute Gasteiger partial charge is 0.359 e. The molecule has 1 aliphatic rings. The third-order valence-corrected chi connectivity index (χ3v) is 2.68. The van der Waals surface area contributed by atoms with Crippen LogP contribution in [0.4, 0.5) is 0 Å². The molecule has 0 bridgehead atoms. The van der Waals surface area contributed by atoms with Gasteiger partial charge in [-0.2, -0.15) is 0 Å². The van der Waals surface area contributed by atoms with Crippen LogP contribution >= 0.6 is 0 Å². The lowest BCUT2D eigenvalue weighted by atomic mass is 10.0. The van der Waals surface area contributed by atoms with Gasteiger partial charge in [-0.3, -0.25) is 9.59 Å². The second kappa shape index (κ2) is 5.70. The summed E-state index contributed by atoms with van der Waals surface area (Å²) in [7, 11) is 3.42. The number of nitrogens with zero attached hydrogens (tertiary/aromatic N) is 1. The van der Waals surface area contributed by atoms with E-state index in [1.54, 1.807) is 19.0 Å². The van der Waals surface area contributed by atoms with Gasteiger partial charge < -0.3 is 15.5 Å². The van der Waals surface area contributed by atoms with Crippen LogP contribution in [0.1, 0.15) is 12.8 Å². The Hall–Kier alpha value is -1.10. The van der Waals surface area contributed by atoms with Gasteiger partial charge in [0.2, 0.25) is 11.8 Å². The van der Waals surface area contributed by atoms with Crippen molar-refractivity contribution in [1.29, 1.82) is 0 Å². The Morgan fingerprint density at radius 2 is 2.13 bits per heavy atom. The topological polar surface area (TPSA) is 61.4 Å². The van der Waals surface area contributed by atoms with Crippen molar-refractivity contribution in [3.63, 3.8) is 0 Å². The van der Waals surface area contributed by atoms with Crippen molar-refractivity contribution in [3.05, 3.63) is 0 Å². The third-order valence-electron chi connectivity index (χ3n) is 2.68. The number of nitrogens with one attached hydrogen (secondary N) is 2. The van der Waals surface area contributed by atoms with Gasteiger partial charge in [0.05, 0.1) is 5.92 Å². The number of rotatable bonds is 5. The minimum absolute atomic E-state index is 0.0289. The second-order valence-corrected chi connectivity index (χ2v) is 3.89. The predicted molar refractivity (Wildman–Crippen MR) is 57.3 cm³/mol. The highest BCUT2D eigenvalue weighted by Gasteiger charge is 2.27. The van der Waals surface area contributed by atoms with Gasteiger partial charge in [0.1, 0.15) is 0 Å². The van der Waals surface area contributed by atoms with Crippen molar-refractivity contribution in [2.45, 2.75) is 12.8 Å². The molecule has 0 aliphatic carbocycles. The Balaban J connectivity index is 2.14. The Labute approximate surface area is 90.2 Å². The Kier molecular flexibility index (Phi) is 4.55. The standard InChI is InChI=1S/C10H19N3O2/c1-11-9(14)4-3-5-13(2)10(15)8-6-12-7-8/h8,12H,3-7H2,1-2H3,(H,11,14). The lowest BCUT2D eigenvalue weighted by molar-refractivity contribution is -0.136. The first-order valence-electron chi connectivity index (χ1n) is 5.31. The summed E-state index contributed by atoms with van der Waals surface area (Å²) in [6.45, 7) is 2.24. The van der Waals surface area contributed by atoms with Gasteiger partial charge >= 0.3 is 0 Å². The van der Waals surface area contributed by atoms with Crippen molar-refractivity contribution in [1.82, 2.24) is 15.5 Å². The molecule has 15 heavy (non-hydrogen) atoms. The highest BCUT2D eigenvalue weighted by atomic mass is 16.2. The van der Waals surface area contributed by atoms with Crippen molar-refractivity contribution in [3.8, 4) is 0 Å². The fourth-order valence-electron chi connectivity index (χ4n) is 1.49. The first-order valence-corrected chi connectivity index (χ1v) is 5.31. The molecular formula is C10H19N3O2. The van der Waals surface area contributed by atoms with E-state index in [9.17, 15) is 9.59 Å². The fourth-order valence-corrected chi connectivity index (χ4v) is 1.49. The molecule has 5 heteroatoms. The number of hydrogen-bond donors (Lipinski definition) is 2. The molecule has 1 aliphatic heterocycles. The summed E-state index contributed by atoms with van der Waals surface area (Å²) >= 11 is 0. The molecule has 0 unspecified atom stereocenters. The fraction of sp³-hybridized carbons (Fsp3) is 0.800. The van der Waals surface area contributed by atoms with E-state index in [4.69, 9.17) is 0 Å². The van der Waals surface area contributed by atoms with Crippen molar-refractivity contribution in [2.75, 3.05) is 33.7 Å². The number of carbonyl (C=O) groups excluding carboxylic acids is 2. The normalized spacial score (nSPS) is 15.6. The zero-order valence-corrected chi connectivity index (χ0v) is 9.38. The van der Waals surface area contributed by atoms with Crippen LogP contribution in [0.2, 0.25) is 0 Å². The zero-order chi connectivity index (χ0) is 11.3. The molecule has 1 heterocycles. The third kappa shape index (κ3) is 3.51. The van der Waals surface area contributed by atoms with E-state index in [0.29, 0.717) is 13.0 Å². The average Bonchev–Trinajstić information content (AvgIpc) is 2.14. The molecule has 2 N–H and O–H groups in total. The molecule has 0 atom stereocenters. The van der Waals surface area contributed by atoms with Gasteiger partial charge in [-0.25, -0.2) is 0 Å². The monoisotopic (exact) mass is 213 g/mol. The number of amides is 2. The molecular weight excluding hydrogens is 194 g/mol. The van der Waals surface area contributed by atoms with Gasteiger partial charge in [0.25, 0.3) is 0 Å². The van der Waals surface area contributed by atoms with Crippen LogP contribution < -0.4 is 10.6 Å². The summed E-state index contributed by atoms with van der Waals surface area (Å²) in [6, 6.07) is 0. The smallest absolute Gasteiger partial charge is 0.227 e. The van der Waals surface area contributed by atoms with Crippen LogP contribution in [0.3, 0.4) is 0 Å². The Morgan fingerprint density at radius 3 is 2.60 bits per heavy atom. The van der Waals surface area contributed by atoms with Crippen LogP contribution in [0.25, 0.3) is 0 Å². The molecule has 2 amide bonds. The van der Waals surface area contributed by atoms with E-state index >= 15 is 0 Å². The van der Waals surface area contributed by atoms with Crippen LogP contribution in [0, 0.1) is 5.92 Å². The van der Waals surface area contributed by atoms with Crippen LogP contribution in [-0.2, 0) is 9.59 Å². The van der Waals surface area contributed by atoms with Gasteiger partial charge in [-0.15, -0.1) is 0 Å². The maximum atomic E-state index is 11.7. The van der Waals surface area contributed by atoms with Crippen molar-refractivity contribution in [2.24, 2.45) is 5.92 Å². The maximum absolute atomic E-state index is 11.7. The van der Waals surface area contributed by atoms with Gasteiger partial charge in [-0.1, -0.05) is 0 Å². The zero-order valence-electron chi connectivity index (χ0n) is 9.38. The average molecular weight is 213 g/mol. The Bertz CT molecular complexity index is 239. The Morgan fingerprint density at radius 1 is 1.47 bits per heavy atom. The predicted octanol–water partition coefficient (Wildman–Crippen LogP) is -0.810. The lowest BCUT2D eigenvalue weighted by Crippen LogP contribution is -2.51. The van der Waals surface area contributed by atoms with Gasteiger partial charge in [-0.05, 0) is 6.42 Å². The quantitative estimate of drug-likeness (QED) is 0.628. The molecule has 86 valence electrons. The molecule has 0 radical (unpaired) electrons. The van der Waals surface area contributed by atoms with Crippen LogP contribution in [0.15, 0.2) is 0 Å². The minimum atomic E-state index is 0.0289.